The molecule has 1 amide bonds. The second-order valence-corrected chi connectivity index (χ2v) is 8.17. The molecule has 0 aliphatic heterocycles. The van der Waals surface area contributed by atoms with Crippen LogP contribution in [0.5, 0.6) is 0 Å². The third-order valence-electron chi connectivity index (χ3n) is 4.97. The Labute approximate surface area is 179 Å². The zero-order chi connectivity index (χ0) is 21.4. The van der Waals surface area contributed by atoms with Gasteiger partial charge in [-0.2, -0.15) is 10.5 Å². The number of rotatable bonds is 6. The molecule has 0 bridgehead atoms. The van der Waals surface area contributed by atoms with Gasteiger partial charge < -0.3 is 10.1 Å². The van der Waals surface area contributed by atoms with E-state index in [1.165, 1.54) is 11.8 Å². The van der Waals surface area contributed by atoms with Gasteiger partial charge in [0.1, 0.15) is 11.6 Å². The van der Waals surface area contributed by atoms with Crippen LogP contribution >= 0.6 is 11.8 Å². The lowest BCUT2D eigenvalue weighted by Gasteiger charge is -2.31. The molecule has 6 nitrogen and oxygen atoms in total. The van der Waals surface area contributed by atoms with Gasteiger partial charge in [0.15, 0.2) is 6.61 Å². The van der Waals surface area contributed by atoms with E-state index in [2.05, 4.69) is 17.5 Å². The Kier molecular flexibility index (Phi) is 7.11. The molecule has 0 atom stereocenters. The highest BCUT2D eigenvalue weighted by atomic mass is 32.2. The maximum absolute atomic E-state index is 12.6. The Balaban J connectivity index is 1.65. The molecule has 1 aliphatic rings. The Bertz CT molecular complexity index is 1020. The number of nitrogens with one attached hydrogen (secondary N) is 1. The molecule has 0 saturated heterocycles. The molecule has 0 radical (unpaired) electrons. The minimum Gasteiger partial charge on any atom is -0.452 e. The van der Waals surface area contributed by atoms with Gasteiger partial charge in [0.2, 0.25) is 0 Å². The monoisotopic (exact) mass is 419 g/mol. The maximum Gasteiger partial charge on any atom is 0.339 e. The van der Waals surface area contributed by atoms with Crippen LogP contribution in [0.4, 0.5) is 0 Å². The Morgan fingerprint density at radius 3 is 2.37 bits per heavy atom. The summed E-state index contributed by atoms with van der Waals surface area (Å²) in [6, 6.07) is 18.4. The van der Waals surface area contributed by atoms with Crippen molar-refractivity contribution in [2.24, 2.45) is 0 Å². The summed E-state index contributed by atoms with van der Waals surface area (Å²) < 4.78 is 5.22. The molecule has 1 saturated carbocycles. The number of hydrogen-bond acceptors (Lipinski definition) is 6. The number of carbonyl (C=O) groups is 2. The number of nitrogens with zero attached hydrogens (tertiary/aromatic N) is 2. The van der Waals surface area contributed by atoms with Gasteiger partial charge >= 0.3 is 5.97 Å². The average molecular weight is 420 g/mol. The Hall–Kier alpha value is -3.29. The molecule has 0 aromatic heterocycles. The first-order valence-electron chi connectivity index (χ1n) is 9.72. The van der Waals surface area contributed by atoms with Gasteiger partial charge in [0.25, 0.3) is 5.91 Å². The number of esters is 1. The van der Waals surface area contributed by atoms with Crippen LogP contribution in [0.2, 0.25) is 0 Å². The first-order chi connectivity index (χ1) is 14.6. The summed E-state index contributed by atoms with van der Waals surface area (Å²) >= 11 is 1.29. The molecule has 2 aromatic rings. The Morgan fingerprint density at radius 1 is 1.00 bits per heavy atom. The summed E-state index contributed by atoms with van der Waals surface area (Å²) in [5.74, 6) is -1.11. The van der Waals surface area contributed by atoms with Crippen LogP contribution in [0.1, 0.15) is 48.0 Å². The fourth-order valence-corrected chi connectivity index (χ4v) is 4.44. The second-order valence-electron chi connectivity index (χ2n) is 7.09. The number of benzene rings is 2. The van der Waals surface area contributed by atoms with Crippen LogP contribution in [-0.2, 0) is 9.53 Å². The molecular weight excluding hydrogens is 398 g/mol. The van der Waals surface area contributed by atoms with Gasteiger partial charge in [0.05, 0.1) is 17.2 Å². The molecule has 1 aliphatic carbocycles. The van der Waals surface area contributed by atoms with Gasteiger partial charge in [-0.05, 0) is 37.1 Å². The van der Waals surface area contributed by atoms with Crippen LogP contribution in [0.15, 0.2) is 58.3 Å². The SMILES string of the molecule is N#Cc1ccccc1Sc1ccccc1C(=O)OCC(=O)NC1(C#N)CCCCC1. The van der Waals surface area contributed by atoms with Crippen LogP contribution in [-0.4, -0.2) is 24.0 Å². The van der Waals surface area contributed by atoms with Gasteiger partial charge in [-0.25, -0.2) is 4.79 Å². The van der Waals surface area contributed by atoms with E-state index in [4.69, 9.17) is 4.74 Å². The molecule has 1 fully saturated rings. The zero-order valence-corrected chi connectivity index (χ0v) is 17.2. The second kappa shape index (κ2) is 9.96. The largest absolute Gasteiger partial charge is 0.452 e. The third-order valence-corrected chi connectivity index (χ3v) is 6.12. The molecule has 152 valence electrons. The van der Waals surface area contributed by atoms with Crippen molar-refractivity contribution in [3.8, 4) is 12.1 Å². The van der Waals surface area contributed by atoms with Crippen molar-refractivity contribution in [2.45, 2.75) is 47.4 Å². The fourth-order valence-electron chi connectivity index (χ4n) is 3.42. The average Bonchev–Trinajstić information content (AvgIpc) is 2.79. The number of nitriles is 2. The van der Waals surface area contributed by atoms with Crippen molar-refractivity contribution in [1.82, 2.24) is 5.32 Å². The summed E-state index contributed by atoms with van der Waals surface area (Å²) in [5.41, 5.74) is -0.0358. The van der Waals surface area contributed by atoms with Crippen molar-refractivity contribution in [1.29, 1.82) is 10.5 Å². The molecule has 1 N–H and O–H groups in total. The topological polar surface area (TPSA) is 103 Å². The van der Waals surface area contributed by atoms with E-state index >= 15 is 0 Å². The van der Waals surface area contributed by atoms with Gasteiger partial charge in [-0.1, -0.05) is 55.3 Å². The molecule has 7 heteroatoms. The predicted octanol–water partition coefficient (Wildman–Crippen LogP) is 4.21. The van der Waals surface area contributed by atoms with Gasteiger partial charge in [-0.15, -0.1) is 0 Å². The highest BCUT2D eigenvalue weighted by Crippen LogP contribution is 2.33. The fraction of sp³-hybridized carbons (Fsp3) is 0.304. The van der Waals surface area contributed by atoms with Gasteiger partial charge in [-0.3, -0.25) is 4.79 Å². The normalized spacial score (nSPS) is 14.7. The van der Waals surface area contributed by atoms with Crippen LogP contribution in [0.3, 0.4) is 0 Å². The third kappa shape index (κ3) is 5.20. The van der Waals surface area contributed by atoms with Crippen LogP contribution in [0.25, 0.3) is 0 Å². The lowest BCUT2D eigenvalue weighted by atomic mass is 9.83. The number of amides is 1. The van der Waals surface area contributed by atoms with Crippen molar-refractivity contribution in [3.05, 3.63) is 59.7 Å². The van der Waals surface area contributed by atoms with Crippen LogP contribution in [0, 0.1) is 22.7 Å². The minimum atomic E-state index is -0.865. The molecule has 0 heterocycles. The van der Waals surface area contributed by atoms with E-state index in [9.17, 15) is 20.1 Å². The highest BCUT2D eigenvalue weighted by molar-refractivity contribution is 7.99. The molecule has 0 unspecified atom stereocenters. The quantitative estimate of drug-likeness (QED) is 0.704. The summed E-state index contributed by atoms with van der Waals surface area (Å²) in [4.78, 5) is 26.3. The predicted molar refractivity (Wildman–Crippen MR) is 112 cm³/mol. The van der Waals surface area contributed by atoms with E-state index in [1.807, 2.05) is 12.1 Å². The smallest absolute Gasteiger partial charge is 0.339 e. The molecule has 2 aromatic carbocycles. The van der Waals surface area contributed by atoms with Crippen molar-refractivity contribution in [2.75, 3.05) is 6.61 Å². The summed E-state index contributed by atoms with van der Waals surface area (Å²) in [5, 5.41) is 21.5. The molecule has 30 heavy (non-hydrogen) atoms. The number of hydrogen-bond donors (Lipinski definition) is 1. The van der Waals surface area contributed by atoms with E-state index in [0.29, 0.717) is 28.9 Å². The summed E-state index contributed by atoms with van der Waals surface area (Å²) in [6.45, 7) is -0.448. The molecule has 3 rings (SSSR count). The minimum absolute atomic E-state index is 0.315. The summed E-state index contributed by atoms with van der Waals surface area (Å²) in [6.07, 6.45) is 4.06. The van der Waals surface area contributed by atoms with E-state index in [1.54, 1.807) is 36.4 Å². The van der Waals surface area contributed by atoms with Crippen molar-refractivity contribution >= 4 is 23.6 Å². The zero-order valence-electron chi connectivity index (χ0n) is 16.4. The van der Waals surface area contributed by atoms with Crippen LogP contribution < -0.4 is 5.32 Å². The highest BCUT2D eigenvalue weighted by Gasteiger charge is 2.33. The number of ether oxygens (including phenoxy) is 1. The lowest BCUT2D eigenvalue weighted by molar-refractivity contribution is -0.125. The van der Waals surface area contributed by atoms with Crippen molar-refractivity contribution < 1.29 is 14.3 Å². The number of carbonyl (C=O) groups excluding carboxylic acids is 2. The Morgan fingerprint density at radius 2 is 1.67 bits per heavy atom. The van der Waals surface area contributed by atoms with E-state index in [0.717, 1.165) is 24.2 Å². The molecule has 0 spiro atoms. The maximum atomic E-state index is 12.6. The standard InChI is InChI=1S/C23H21N3O3S/c24-14-17-8-2-4-10-19(17)30-20-11-5-3-9-18(20)22(28)29-15-21(27)26-23(16-25)12-6-1-7-13-23/h2-5,8-11H,1,6-7,12-13,15H2,(H,26,27). The van der Waals surface area contributed by atoms with E-state index < -0.39 is 24.0 Å². The first-order valence-corrected chi connectivity index (χ1v) is 10.5. The lowest BCUT2D eigenvalue weighted by Crippen LogP contribution is -2.50. The first kappa shape index (κ1) is 21.4. The molecular formula is C23H21N3O3S. The van der Waals surface area contributed by atoms with Gasteiger partial charge in [0, 0.05) is 9.79 Å². The summed E-state index contributed by atoms with van der Waals surface area (Å²) in [7, 11) is 0. The van der Waals surface area contributed by atoms with Crippen molar-refractivity contribution in [3.63, 3.8) is 0 Å². The van der Waals surface area contributed by atoms with E-state index in [-0.39, 0.29) is 0 Å².